The number of benzene rings is 1. The Morgan fingerprint density at radius 3 is 2.42 bits per heavy atom. The van der Waals surface area contributed by atoms with Gasteiger partial charge in [-0.3, -0.25) is 14.6 Å². The molecule has 0 fully saturated rings. The van der Waals surface area contributed by atoms with E-state index < -0.39 is 17.7 Å². The van der Waals surface area contributed by atoms with Crippen LogP contribution in [0.4, 0.5) is 13.2 Å². The van der Waals surface area contributed by atoms with Gasteiger partial charge >= 0.3 is 12.1 Å². The molecule has 0 saturated carbocycles. The summed E-state index contributed by atoms with van der Waals surface area (Å²) < 4.78 is 43.6. The molecule has 0 saturated heterocycles. The number of hydrogen-bond acceptors (Lipinski definition) is 5. The lowest BCUT2D eigenvalue weighted by Gasteiger charge is -2.08. The monoisotopic (exact) mass is 450 g/mol. The first-order valence-electron chi connectivity index (χ1n) is 9.07. The number of carboxylic acid groups (broad SMARTS) is 1. The number of rotatable bonds is 8. The first-order chi connectivity index (χ1) is 14.7. The zero-order valence-electron chi connectivity index (χ0n) is 16.0. The number of nitrogens with one attached hydrogen (secondary N) is 1. The lowest BCUT2D eigenvalue weighted by Crippen LogP contribution is -2.25. The number of carbonyl (C=O) groups excluding carboxylic acids is 1. The van der Waals surface area contributed by atoms with Crippen molar-refractivity contribution < 1.29 is 32.6 Å². The maximum atomic E-state index is 12.7. The van der Waals surface area contributed by atoms with Crippen LogP contribution in [0.5, 0.6) is 5.75 Å². The smallest absolute Gasteiger partial charge is 0.416 e. The van der Waals surface area contributed by atoms with Gasteiger partial charge in [0.1, 0.15) is 12.4 Å². The molecule has 1 aromatic carbocycles. The Labute approximate surface area is 179 Å². The van der Waals surface area contributed by atoms with Crippen LogP contribution in [0.15, 0.2) is 54.7 Å². The third kappa shape index (κ3) is 6.29. The van der Waals surface area contributed by atoms with E-state index in [1.807, 2.05) is 0 Å². The summed E-state index contributed by atoms with van der Waals surface area (Å²) in [5.41, 5.74) is 0.343. The van der Waals surface area contributed by atoms with Crippen LogP contribution in [0.2, 0.25) is 0 Å². The third-order valence-corrected chi connectivity index (χ3v) is 5.19. The fraction of sp³-hybridized carbons (Fsp3) is 0.190. The topological polar surface area (TPSA) is 88.5 Å². The Kier molecular flexibility index (Phi) is 6.91. The summed E-state index contributed by atoms with van der Waals surface area (Å²) in [5, 5.41) is 11.1. The molecule has 2 aromatic heterocycles. The average Bonchev–Trinajstić information content (AvgIpc) is 3.21. The second-order valence-electron chi connectivity index (χ2n) is 6.41. The van der Waals surface area contributed by atoms with Crippen LogP contribution in [0.25, 0.3) is 11.3 Å². The molecule has 0 atom stereocenters. The van der Waals surface area contributed by atoms with Gasteiger partial charge in [0.15, 0.2) is 0 Å². The van der Waals surface area contributed by atoms with Gasteiger partial charge in [0.25, 0.3) is 5.91 Å². The molecule has 0 aliphatic heterocycles. The molecule has 1 amide bonds. The van der Waals surface area contributed by atoms with Gasteiger partial charge in [-0.25, -0.2) is 0 Å². The molecule has 0 unspecified atom stereocenters. The number of halogens is 3. The minimum Gasteiger partial charge on any atom is -0.486 e. The van der Waals surface area contributed by atoms with E-state index in [1.54, 1.807) is 24.3 Å². The van der Waals surface area contributed by atoms with Crippen molar-refractivity contribution in [2.24, 2.45) is 0 Å². The van der Waals surface area contributed by atoms with Crippen molar-refractivity contribution in [3.63, 3.8) is 0 Å². The van der Waals surface area contributed by atoms with Crippen LogP contribution in [0.3, 0.4) is 0 Å². The molecule has 3 aromatic rings. The molecule has 162 valence electrons. The minimum absolute atomic E-state index is 0.0504. The molecule has 0 radical (unpaired) electrons. The summed E-state index contributed by atoms with van der Waals surface area (Å²) in [7, 11) is 0. The Hall–Kier alpha value is -3.40. The first-order valence-corrected chi connectivity index (χ1v) is 9.89. The van der Waals surface area contributed by atoms with Crippen LogP contribution in [0.1, 0.15) is 26.5 Å². The molecule has 0 aliphatic carbocycles. The van der Waals surface area contributed by atoms with Crippen molar-refractivity contribution in [1.82, 2.24) is 10.3 Å². The average molecular weight is 450 g/mol. The summed E-state index contributed by atoms with van der Waals surface area (Å²) in [6.45, 7) is 0.253. The molecular weight excluding hydrogens is 433 g/mol. The van der Waals surface area contributed by atoms with E-state index >= 15 is 0 Å². The largest absolute Gasteiger partial charge is 0.486 e. The van der Waals surface area contributed by atoms with Crippen LogP contribution in [-0.2, 0) is 17.6 Å². The van der Waals surface area contributed by atoms with Gasteiger partial charge in [-0.15, -0.1) is 11.3 Å². The highest BCUT2D eigenvalue weighted by Crippen LogP contribution is 2.31. The van der Waals surface area contributed by atoms with Crippen molar-refractivity contribution in [2.75, 3.05) is 6.54 Å². The molecule has 31 heavy (non-hydrogen) atoms. The molecule has 2 N–H and O–H groups in total. The van der Waals surface area contributed by atoms with E-state index in [4.69, 9.17) is 9.84 Å². The summed E-state index contributed by atoms with van der Waals surface area (Å²) >= 11 is 1.23. The van der Waals surface area contributed by atoms with Gasteiger partial charge < -0.3 is 15.2 Å². The number of carboxylic acids is 1. The maximum absolute atomic E-state index is 12.7. The van der Waals surface area contributed by atoms with Crippen molar-refractivity contribution in [3.05, 3.63) is 70.0 Å². The van der Waals surface area contributed by atoms with E-state index in [1.165, 1.54) is 29.7 Å². The van der Waals surface area contributed by atoms with Gasteiger partial charge in [0.05, 0.1) is 28.8 Å². The Morgan fingerprint density at radius 1 is 1.06 bits per heavy atom. The maximum Gasteiger partial charge on any atom is 0.416 e. The number of pyridine rings is 1. The number of amides is 1. The molecule has 2 heterocycles. The van der Waals surface area contributed by atoms with Crippen LogP contribution >= 0.6 is 11.3 Å². The normalized spacial score (nSPS) is 11.2. The lowest BCUT2D eigenvalue weighted by molar-refractivity contribution is -0.138. The number of nitrogens with zero attached hydrogens (tertiary/aromatic N) is 1. The first kappa shape index (κ1) is 22.3. The highest BCUT2D eigenvalue weighted by molar-refractivity contribution is 7.14. The predicted molar refractivity (Wildman–Crippen MR) is 108 cm³/mol. The number of aliphatic carboxylic acids is 1. The van der Waals surface area contributed by atoms with Crippen molar-refractivity contribution >= 4 is 23.2 Å². The molecule has 6 nitrogen and oxygen atoms in total. The molecule has 3 rings (SSSR count). The number of thiophene rings is 1. The van der Waals surface area contributed by atoms with Crippen LogP contribution in [-0.4, -0.2) is 28.5 Å². The number of carbonyl (C=O) groups is 2. The quantitative estimate of drug-likeness (QED) is 0.523. The number of aromatic nitrogens is 1. The summed E-state index contributed by atoms with van der Waals surface area (Å²) in [5.74, 6) is -0.866. The molecule has 0 aliphatic rings. The van der Waals surface area contributed by atoms with Gasteiger partial charge in [-0.1, -0.05) is 12.1 Å². The van der Waals surface area contributed by atoms with E-state index in [0.29, 0.717) is 21.9 Å². The van der Waals surface area contributed by atoms with Gasteiger partial charge in [-0.2, -0.15) is 13.2 Å². The third-order valence-electron chi connectivity index (χ3n) is 4.14. The van der Waals surface area contributed by atoms with E-state index in [0.717, 1.165) is 17.0 Å². The second-order valence-corrected chi connectivity index (χ2v) is 7.58. The SMILES string of the molecule is O=C(O)CCNC(=O)c1ccc(COc2ccc(-c3ccc(C(F)(F)F)cc3)nc2)s1. The molecule has 0 spiro atoms. The Bertz CT molecular complexity index is 1050. The number of hydrogen-bond donors (Lipinski definition) is 2. The fourth-order valence-electron chi connectivity index (χ4n) is 2.57. The molecule has 10 heteroatoms. The zero-order valence-corrected chi connectivity index (χ0v) is 16.8. The Balaban J connectivity index is 1.54. The number of ether oxygens (including phenoxy) is 1. The Morgan fingerprint density at radius 2 is 1.81 bits per heavy atom. The van der Waals surface area contributed by atoms with Crippen molar-refractivity contribution in [1.29, 1.82) is 0 Å². The van der Waals surface area contributed by atoms with Gasteiger partial charge in [0, 0.05) is 17.0 Å². The summed E-state index contributed by atoms with van der Waals surface area (Å²) in [6, 6.07) is 11.4. The molecule has 0 bridgehead atoms. The number of alkyl halides is 3. The minimum atomic E-state index is -4.38. The van der Waals surface area contributed by atoms with E-state index in [-0.39, 0.29) is 25.5 Å². The van der Waals surface area contributed by atoms with E-state index in [2.05, 4.69) is 10.3 Å². The van der Waals surface area contributed by atoms with E-state index in [9.17, 15) is 22.8 Å². The second kappa shape index (κ2) is 9.61. The fourth-order valence-corrected chi connectivity index (χ4v) is 3.41. The molecular formula is C21H17F3N2O4S. The standard InChI is InChI=1S/C21H17F3N2O4S/c22-21(23,24)14-3-1-13(2-4-14)17-7-5-15(11-26-17)30-12-16-6-8-18(31-16)20(29)25-10-9-19(27)28/h1-8,11H,9-10,12H2,(H,25,29)(H,27,28). The highest BCUT2D eigenvalue weighted by atomic mass is 32.1. The zero-order chi connectivity index (χ0) is 22.4. The lowest BCUT2D eigenvalue weighted by atomic mass is 10.1. The highest BCUT2D eigenvalue weighted by Gasteiger charge is 2.30. The van der Waals surface area contributed by atoms with Crippen LogP contribution < -0.4 is 10.1 Å². The summed E-state index contributed by atoms with van der Waals surface area (Å²) in [4.78, 5) is 27.9. The van der Waals surface area contributed by atoms with Crippen molar-refractivity contribution in [2.45, 2.75) is 19.2 Å². The van der Waals surface area contributed by atoms with Crippen LogP contribution in [0, 0.1) is 0 Å². The van der Waals surface area contributed by atoms with Gasteiger partial charge in [0.2, 0.25) is 0 Å². The van der Waals surface area contributed by atoms with Crippen molar-refractivity contribution in [3.8, 4) is 17.0 Å². The predicted octanol–water partition coefficient (Wildman–Crippen LogP) is 4.61. The van der Waals surface area contributed by atoms with Gasteiger partial charge in [-0.05, 0) is 36.4 Å². The summed E-state index contributed by atoms with van der Waals surface area (Å²) in [6.07, 6.45) is -3.06.